The van der Waals surface area contributed by atoms with E-state index in [2.05, 4.69) is 31.0 Å². The van der Waals surface area contributed by atoms with Gasteiger partial charge in [-0.05, 0) is 64.3 Å². The molecule has 3 fully saturated rings. The summed E-state index contributed by atoms with van der Waals surface area (Å²) in [5, 5.41) is 3.97. The summed E-state index contributed by atoms with van der Waals surface area (Å²) in [4.78, 5) is 2.89. The van der Waals surface area contributed by atoms with E-state index in [0.29, 0.717) is 11.1 Å². The van der Waals surface area contributed by atoms with E-state index in [1.54, 1.807) is 0 Å². The summed E-state index contributed by atoms with van der Waals surface area (Å²) in [7, 11) is 0. The van der Waals surface area contributed by atoms with Crippen molar-refractivity contribution in [1.29, 1.82) is 0 Å². The van der Waals surface area contributed by atoms with E-state index in [0.717, 1.165) is 11.8 Å². The van der Waals surface area contributed by atoms with Crippen LogP contribution in [0.5, 0.6) is 0 Å². The topological polar surface area (TPSA) is 15.3 Å². The van der Waals surface area contributed by atoms with Gasteiger partial charge in [-0.1, -0.05) is 32.6 Å². The molecule has 21 heavy (non-hydrogen) atoms. The molecular weight excluding hydrogens is 256 g/mol. The minimum absolute atomic E-state index is 0.401. The predicted octanol–water partition coefficient (Wildman–Crippen LogP) is 4.20. The van der Waals surface area contributed by atoms with Gasteiger partial charge in [0, 0.05) is 24.2 Å². The van der Waals surface area contributed by atoms with Crippen molar-refractivity contribution in [3.8, 4) is 0 Å². The van der Waals surface area contributed by atoms with Crippen molar-refractivity contribution in [3.05, 3.63) is 0 Å². The molecule has 3 aliphatic rings. The van der Waals surface area contributed by atoms with Crippen molar-refractivity contribution in [2.24, 2.45) is 11.8 Å². The molecule has 0 bridgehead atoms. The number of unbranched alkanes of at least 4 members (excludes halogenated alkanes) is 4. The van der Waals surface area contributed by atoms with Gasteiger partial charge in [0.1, 0.15) is 0 Å². The quantitative estimate of drug-likeness (QED) is 0.675. The molecule has 0 spiro atoms. The van der Waals surface area contributed by atoms with Crippen molar-refractivity contribution in [2.45, 2.75) is 89.6 Å². The van der Waals surface area contributed by atoms with Crippen molar-refractivity contribution in [3.63, 3.8) is 0 Å². The molecule has 2 atom stereocenters. The molecule has 1 N–H and O–H groups in total. The van der Waals surface area contributed by atoms with E-state index in [1.807, 2.05) is 0 Å². The number of nitrogens with one attached hydrogen (secondary N) is 1. The maximum absolute atomic E-state index is 3.97. The van der Waals surface area contributed by atoms with Gasteiger partial charge in [0.15, 0.2) is 0 Å². The average molecular weight is 293 g/mol. The molecule has 122 valence electrons. The first-order valence-corrected chi connectivity index (χ1v) is 9.58. The lowest BCUT2D eigenvalue weighted by Gasteiger charge is -2.53. The molecule has 0 aromatic heterocycles. The van der Waals surface area contributed by atoms with Gasteiger partial charge in [0.2, 0.25) is 0 Å². The lowest BCUT2D eigenvalue weighted by Crippen LogP contribution is -2.69. The molecule has 3 rings (SSSR count). The zero-order valence-corrected chi connectivity index (χ0v) is 14.6. The van der Waals surface area contributed by atoms with Gasteiger partial charge >= 0.3 is 0 Å². The highest BCUT2D eigenvalue weighted by molar-refractivity contribution is 5.11. The summed E-state index contributed by atoms with van der Waals surface area (Å²) >= 11 is 0. The van der Waals surface area contributed by atoms with Crippen molar-refractivity contribution >= 4 is 0 Å². The molecule has 1 heterocycles. The van der Waals surface area contributed by atoms with Crippen LogP contribution < -0.4 is 5.32 Å². The first kappa shape index (κ1) is 15.8. The predicted molar refractivity (Wildman–Crippen MR) is 90.6 cm³/mol. The van der Waals surface area contributed by atoms with Crippen LogP contribution in [0.2, 0.25) is 0 Å². The Morgan fingerprint density at radius 2 is 1.62 bits per heavy atom. The molecule has 2 unspecified atom stereocenters. The van der Waals surface area contributed by atoms with Gasteiger partial charge in [-0.15, -0.1) is 0 Å². The summed E-state index contributed by atoms with van der Waals surface area (Å²) in [6.07, 6.45) is 12.9. The minimum atomic E-state index is 0.401. The smallest absolute Gasteiger partial charge is 0.0334 e. The fourth-order valence-electron chi connectivity index (χ4n) is 4.47. The van der Waals surface area contributed by atoms with Gasteiger partial charge in [-0.2, -0.15) is 0 Å². The maximum Gasteiger partial charge on any atom is 0.0334 e. The largest absolute Gasteiger partial charge is 0.308 e. The molecule has 1 saturated heterocycles. The number of piperazine rings is 1. The molecule has 0 aromatic carbocycles. The standard InChI is InChI=1S/C19H36N2/c1-4-5-6-7-8-13-21-15-18(2,16-9-10-16)20-14-19(21,3)17-11-12-17/h16-17,20H,4-15H2,1-3H3. The number of nitrogens with zero attached hydrogens (tertiary/aromatic N) is 1. The van der Waals surface area contributed by atoms with Crippen LogP contribution >= 0.6 is 0 Å². The highest BCUT2D eigenvalue weighted by Gasteiger charge is 2.53. The van der Waals surface area contributed by atoms with E-state index in [9.17, 15) is 0 Å². The number of hydrogen-bond acceptors (Lipinski definition) is 2. The molecule has 0 aromatic rings. The zero-order chi connectivity index (χ0) is 14.9. The van der Waals surface area contributed by atoms with Gasteiger partial charge in [0.05, 0.1) is 0 Å². The minimum Gasteiger partial charge on any atom is -0.308 e. The highest BCUT2D eigenvalue weighted by atomic mass is 15.3. The normalized spacial score (nSPS) is 37.9. The van der Waals surface area contributed by atoms with Crippen LogP contribution in [0.1, 0.15) is 78.6 Å². The molecule has 2 aliphatic carbocycles. The Hall–Kier alpha value is -0.0800. The van der Waals surface area contributed by atoms with E-state index in [1.165, 1.54) is 77.4 Å². The fraction of sp³-hybridized carbons (Fsp3) is 1.00. The van der Waals surface area contributed by atoms with Crippen molar-refractivity contribution in [1.82, 2.24) is 10.2 Å². The Bertz CT molecular complexity index is 347. The van der Waals surface area contributed by atoms with Crippen molar-refractivity contribution in [2.75, 3.05) is 19.6 Å². The Labute approximate surface area is 132 Å². The summed E-state index contributed by atoms with van der Waals surface area (Å²) < 4.78 is 0. The average Bonchev–Trinajstić information content (AvgIpc) is 3.30. The molecule has 2 nitrogen and oxygen atoms in total. The second-order valence-corrected chi connectivity index (χ2v) is 8.51. The Kier molecular flexibility index (Phi) is 4.66. The Morgan fingerprint density at radius 3 is 2.24 bits per heavy atom. The molecule has 1 aliphatic heterocycles. The third-order valence-electron chi connectivity index (χ3n) is 6.56. The molecular formula is C19H36N2. The van der Waals surface area contributed by atoms with E-state index in [-0.39, 0.29) is 0 Å². The summed E-state index contributed by atoms with van der Waals surface area (Å²) in [5.74, 6) is 1.91. The number of rotatable bonds is 8. The number of hydrogen-bond donors (Lipinski definition) is 1. The van der Waals surface area contributed by atoms with Crippen LogP contribution in [0.4, 0.5) is 0 Å². The highest BCUT2D eigenvalue weighted by Crippen LogP contribution is 2.48. The molecule has 0 radical (unpaired) electrons. The van der Waals surface area contributed by atoms with Gasteiger partial charge < -0.3 is 5.32 Å². The molecule has 0 amide bonds. The van der Waals surface area contributed by atoms with Gasteiger partial charge in [-0.3, -0.25) is 4.90 Å². The molecule has 2 saturated carbocycles. The molecule has 2 heteroatoms. The lowest BCUT2D eigenvalue weighted by molar-refractivity contribution is -0.00181. The van der Waals surface area contributed by atoms with E-state index < -0.39 is 0 Å². The monoisotopic (exact) mass is 292 g/mol. The van der Waals surface area contributed by atoms with E-state index >= 15 is 0 Å². The van der Waals surface area contributed by atoms with Crippen LogP contribution in [0.25, 0.3) is 0 Å². The van der Waals surface area contributed by atoms with Crippen molar-refractivity contribution < 1.29 is 0 Å². The van der Waals surface area contributed by atoms with Gasteiger partial charge in [0.25, 0.3) is 0 Å². The van der Waals surface area contributed by atoms with E-state index in [4.69, 9.17) is 0 Å². The second kappa shape index (κ2) is 6.20. The summed E-state index contributed by atoms with van der Waals surface area (Å²) in [6.45, 7) is 11.2. The van der Waals surface area contributed by atoms with Crippen LogP contribution in [0.15, 0.2) is 0 Å². The maximum atomic E-state index is 3.97. The fourth-order valence-corrected chi connectivity index (χ4v) is 4.47. The second-order valence-electron chi connectivity index (χ2n) is 8.51. The Balaban J connectivity index is 1.57. The Morgan fingerprint density at radius 1 is 0.952 bits per heavy atom. The van der Waals surface area contributed by atoms with Crippen LogP contribution in [-0.4, -0.2) is 35.6 Å². The lowest BCUT2D eigenvalue weighted by atomic mass is 9.83. The summed E-state index contributed by atoms with van der Waals surface area (Å²) in [6, 6.07) is 0. The zero-order valence-electron chi connectivity index (χ0n) is 14.6. The van der Waals surface area contributed by atoms with Crippen LogP contribution in [0.3, 0.4) is 0 Å². The first-order chi connectivity index (χ1) is 10.1. The SMILES string of the molecule is CCCCCCCN1CC(C)(C2CC2)NCC1(C)C1CC1. The van der Waals surface area contributed by atoms with Gasteiger partial charge in [-0.25, -0.2) is 0 Å². The third kappa shape index (κ3) is 3.47. The summed E-state index contributed by atoms with van der Waals surface area (Å²) in [5.41, 5.74) is 0.844. The van der Waals surface area contributed by atoms with Crippen LogP contribution in [-0.2, 0) is 0 Å². The third-order valence-corrected chi connectivity index (χ3v) is 6.56. The first-order valence-electron chi connectivity index (χ1n) is 9.58. The van der Waals surface area contributed by atoms with Crippen LogP contribution in [0, 0.1) is 11.8 Å².